The molecule has 0 aliphatic rings. The topological polar surface area (TPSA) is 63.8 Å². The van der Waals surface area contributed by atoms with Gasteiger partial charge < -0.3 is 11.1 Å². The molecule has 3 aromatic rings. The van der Waals surface area contributed by atoms with E-state index < -0.39 is 11.9 Å². The predicted octanol–water partition coefficient (Wildman–Crippen LogP) is 4.49. The normalized spacial score (nSPS) is 11.3. The van der Waals surface area contributed by atoms with Crippen LogP contribution in [0, 0.1) is 0 Å². The number of nitrogens with one attached hydrogen (secondary N) is 1. The number of halogens is 3. The smallest absolute Gasteiger partial charge is 0.397 e. The van der Waals surface area contributed by atoms with E-state index in [0.717, 1.165) is 0 Å². The first-order valence-electron chi connectivity index (χ1n) is 7.07. The number of nitrogens with zero attached hydrogens (tertiary/aromatic N) is 2. The van der Waals surface area contributed by atoms with Crippen LogP contribution in [0.1, 0.15) is 5.69 Å². The van der Waals surface area contributed by atoms with Crippen molar-refractivity contribution in [2.24, 2.45) is 0 Å². The molecule has 7 heteroatoms. The molecule has 0 atom stereocenters. The van der Waals surface area contributed by atoms with Crippen molar-refractivity contribution in [1.82, 2.24) is 10.2 Å². The van der Waals surface area contributed by atoms with E-state index in [1.165, 1.54) is 6.07 Å². The van der Waals surface area contributed by atoms with Gasteiger partial charge in [0.25, 0.3) is 0 Å². The maximum Gasteiger partial charge on any atom is 0.437 e. The summed E-state index contributed by atoms with van der Waals surface area (Å²) in [6.07, 6.45) is -4.63. The maximum absolute atomic E-state index is 13.2. The summed E-state index contributed by atoms with van der Waals surface area (Å²) >= 11 is 0. The summed E-state index contributed by atoms with van der Waals surface area (Å²) in [5.41, 5.74) is 6.22. The summed E-state index contributed by atoms with van der Waals surface area (Å²) in [5.74, 6) is 0. The number of hydrogen-bond acceptors (Lipinski definition) is 4. The molecule has 0 amide bonds. The van der Waals surface area contributed by atoms with Crippen LogP contribution in [0.15, 0.2) is 60.7 Å². The molecule has 0 bridgehead atoms. The first kappa shape index (κ1) is 15.8. The standard InChI is InChI=1S/C17H13F3N4/c18-17(19,20)16-15(22-13-9-5-4-8-12(13)21)10-14(23-24-16)11-6-2-1-3-7-11/h1-10H,21H2,(H,22,23). The highest BCUT2D eigenvalue weighted by atomic mass is 19.4. The minimum absolute atomic E-state index is 0.200. The van der Waals surface area contributed by atoms with Gasteiger partial charge in [-0.25, -0.2) is 0 Å². The summed E-state index contributed by atoms with van der Waals surface area (Å²) in [7, 11) is 0. The van der Waals surface area contributed by atoms with Crippen LogP contribution >= 0.6 is 0 Å². The molecule has 0 unspecified atom stereocenters. The monoisotopic (exact) mass is 330 g/mol. The SMILES string of the molecule is Nc1ccccc1Nc1cc(-c2ccccc2)nnc1C(F)(F)F. The Morgan fingerprint density at radius 1 is 0.833 bits per heavy atom. The fraction of sp³-hybridized carbons (Fsp3) is 0.0588. The number of nitrogen functional groups attached to an aromatic ring is 1. The number of benzene rings is 2. The lowest BCUT2D eigenvalue weighted by atomic mass is 10.1. The van der Waals surface area contributed by atoms with Gasteiger partial charge in [0, 0.05) is 5.56 Å². The van der Waals surface area contributed by atoms with Gasteiger partial charge >= 0.3 is 6.18 Å². The average Bonchev–Trinajstić information content (AvgIpc) is 2.57. The molecule has 4 nitrogen and oxygen atoms in total. The van der Waals surface area contributed by atoms with Crippen molar-refractivity contribution in [1.29, 1.82) is 0 Å². The third kappa shape index (κ3) is 3.29. The van der Waals surface area contributed by atoms with Crippen LogP contribution in [-0.2, 0) is 6.18 Å². The minimum Gasteiger partial charge on any atom is -0.397 e. The fourth-order valence-corrected chi connectivity index (χ4v) is 2.20. The van der Waals surface area contributed by atoms with Crippen molar-refractivity contribution < 1.29 is 13.2 Å². The van der Waals surface area contributed by atoms with Crippen LogP contribution in [0.25, 0.3) is 11.3 Å². The van der Waals surface area contributed by atoms with Gasteiger partial charge in [-0.2, -0.15) is 13.2 Å². The molecule has 1 aromatic heterocycles. The van der Waals surface area contributed by atoms with Crippen molar-refractivity contribution in [2.45, 2.75) is 6.18 Å². The van der Waals surface area contributed by atoms with E-state index in [4.69, 9.17) is 5.73 Å². The number of hydrogen-bond donors (Lipinski definition) is 2. The summed E-state index contributed by atoms with van der Waals surface area (Å²) in [5, 5.41) is 9.78. The molecule has 122 valence electrons. The molecule has 0 fully saturated rings. The molecule has 0 spiro atoms. The third-order valence-corrected chi connectivity index (χ3v) is 3.36. The Morgan fingerprint density at radius 2 is 1.50 bits per heavy atom. The highest BCUT2D eigenvalue weighted by Crippen LogP contribution is 2.36. The second-order valence-electron chi connectivity index (χ2n) is 5.07. The minimum atomic E-state index is -4.63. The molecule has 0 saturated carbocycles. The lowest BCUT2D eigenvalue weighted by Gasteiger charge is -2.15. The number of aromatic nitrogens is 2. The molecule has 0 radical (unpaired) electrons. The average molecular weight is 330 g/mol. The van der Waals surface area contributed by atoms with E-state index in [1.54, 1.807) is 48.5 Å². The Morgan fingerprint density at radius 3 is 2.17 bits per heavy atom. The number of nitrogens with two attached hydrogens (primary N) is 1. The number of anilines is 3. The van der Waals surface area contributed by atoms with Crippen molar-refractivity contribution >= 4 is 17.1 Å². The number of para-hydroxylation sites is 2. The maximum atomic E-state index is 13.2. The zero-order chi connectivity index (χ0) is 17.2. The van der Waals surface area contributed by atoms with E-state index in [2.05, 4.69) is 15.5 Å². The lowest BCUT2D eigenvalue weighted by Crippen LogP contribution is -2.13. The Balaban J connectivity index is 2.08. The Kier molecular flexibility index (Phi) is 4.07. The second-order valence-corrected chi connectivity index (χ2v) is 5.07. The van der Waals surface area contributed by atoms with Crippen LogP contribution in [0.2, 0.25) is 0 Å². The largest absolute Gasteiger partial charge is 0.437 e. The molecule has 24 heavy (non-hydrogen) atoms. The zero-order valence-electron chi connectivity index (χ0n) is 12.4. The molecule has 0 saturated heterocycles. The Bertz CT molecular complexity index is 848. The van der Waals surface area contributed by atoms with E-state index in [0.29, 0.717) is 22.6 Å². The lowest BCUT2D eigenvalue weighted by molar-refractivity contribution is -0.141. The molecule has 0 aliphatic heterocycles. The van der Waals surface area contributed by atoms with E-state index in [1.807, 2.05) is 6.07 Å². The summed E-state index contributed by atoms with van der Waals surface area (Å²) in [6, 6.07) is 16.7. The zero-order valence-corrected chi connectivity index (χ0v) is 12.4. The van der Waals surface area contributed by atoms with Crippen LogP contribution in [-0.4, -0.2) is 10.2 Å². The molecule has 2 aromatic carbocycles. The molecular formula is C17H13F3N4. The van der Waals surface area contributed by atoms with Gasteiger partial charge in [0.1, 0.15) is 0 Å². The molecule has 0 aliphatic carbocycles. The van der Waals surface area contributed by atoms with Gasteiger partial charge in [-0.1, -0.05) is 42.5 Å². The van der Waals surface area contributed by atoms with Crippen LogP contribution in [0.3, 0.4) is 0 Å². The van der Waals surface area contributed by atoms with Crippen LogP contribution < -0.4 is 11.1 Å². The second kappa shape index (κ2) is 6.19. The van der Waals surface area contributed by atoms with Gasteiger partial charge in [0.15, 0.2) is 5.69 Å². The quantitative estimate of drug-likeness (QED) is 0.695. The van der Waals surface area contributed by atoms with Gasteiger partial charge in [0.05, 0.1) is 22.8 Å². The highest BCUT2D eigenvalue weighted by molar-refractivity contribution is 5.75. The van der Waals surface area contributed by atoms with E-state index in [-0.39, 0.29) is 5.69 Å². The van der Waals surface area contributed by atoms with Crippen LogP contribution in [0.5, 0.6) is 0 Å². The third-order valence-electron chi connectivity index (χ3n) is 3.36. The predicted molar refractivity (Wildman–Crippen MR) is 86.6 cm³/mol. The fourth-order valence-electron chi connectivity index (χ4n) is 2.20. The van der Waals surface area contributed by atoms with Gasteiger partial charge in [-0.3, -0.25) is 0 Å². The van der Waals surface area contributed by atoms with E-state index >= 15 is 0 Å². The first-order valence-corrected chi connectivity index (χ1v) is 7.07. The number of rotatable bonds is 3. The van der Waals surface area contributed by atoms with Crippen LogP contribution in [0.4, 0.5) is 30.2 Å². The Hall–Kier alpha value is -3.09. The van der Waals surface area contributed by atoms with Crippen molar-refractivity contribution in [3.8, 4) is 11.3 Å². The van der Waals surface area contributed by atoms with E-state index in [9.17, 15) is 13.2 Å². The highest BCUT2D eigenvalue weighted by Gasteiger charge is 2.36. The van der Waals surface area contributed by atoms with Crippen molar-refractivity contribution in [3.63, 3.8) is 0 Å². The summed E-state index contributed by atoms with van der Waals surface area (Å²) < 4.78 is 39.6. The molecule has 1 heterocycles. The molecule has 3 rings (SSSR count). The number of alkyl halides is 3. The van der Waals surface area contributed by atoms with Gasteiger partial charge in [-0.05, 0) is 18.2 Å². The van der Waals surface area contributed by atoms with Crippen molar-refractivity contribution in [3.05, 3.63) is 66.4 Å². The van der Waals surface area contributed by atoms with Gasteiger partial charge in [-0.15, -0.1) is 10.2 Å². The summed E-state index contributed by atoms with van der Waals surface area (Å²) in [4.78, 5) is 0. The Labute approximate surface area is 136 Å². The summed E-state index contributed by atoms with van der Waals surface area (Å²) in [6.45, 7) is 0. The molecule has 3 N–H and O–H groups in total. The van der Waals surface area contributed by atoms with Crippen molar-refractivity contribution in [2.75, 3.05) is 11.1 Å². The van der Waals surface area contributed by atoms with Gasteiger partial charge in [0.2, 0.25) is 0 Å². The molecular weight excluding hydrogens is 317 g/mol. The first-order chi connectivity index (χ1) is 11.4.